The number of methoxy groups -OCH3 is 1. The van der Waals surface area contributed by atoms with E-state index >= 15 is 0 Å². The predicted molar refractivity (Wildman–Crippen MR) is 152 cm³/mol. The number of allylic oxidation sites excluding steroid dienone is 1. The number of ether oxygens (including phenoxy) is 1. The molecule has 1 saturated carbocycles. The molecule has 0 amide bonds. The van der Waals surface area contributed by atoms with Crippen molar-refractivity contribution < 1.29 is 9.61 Å². The molecule has 1 atom stereocenters. The summed E-state index contributed by atoms with van der Waals surface area (Å²) in [6.07, 6.45) is 13.7. The molecule has 1 aliphatic carbocycles. The number of nitroso groups, excluding NO2 is 1. The number of anilines is 4. The first-order chi connectivity index (χ1) is 19.4. The van der Waals surface area contributed by atoms with E-state index in [2.05, 4.69) is 42.4 Å². The van der Waals surface area contributed by atoms with Crippen LogP contribution < -0.4 is 21.2 Å². The molecule has 0 saturated heterocycles. The molecule has 4 N–H and O–H groups in total. The Morgan fingerprint density at radius 3 is 2.88 bits per heavy atom. The van der Waals surface area contributed by atoms with Crippen molar-refractivity contribution >= 4 is 28.8 Å². The zero-order chi connectivity index (χ0) is 28.1. The van der Waals surface area contributed by atoms with Crippen LogP contribution in [0.3, 0.4) is 0 Å². The molecule has 1 unspecified atom stereocenters. The first kappa shape index (κ1) is 26.8. The molecule has 13 heteroatoms. The number of rotatable bonds is 11. The van der Waals surface area contributed by atoms with Gasteiger partial charge in [-0.3, -0.25) is 9.36 Å². The lowest BCUT2D eigenvalue weighted by molar-refractivity contribution is -0.474. The van der Waals surface area contributed by atoms with Crippen molar-refractivity contribution in [3.05, 3.63) is 60.2 Å². The van der Waals surface area contributed by atoms with Crippen LogP contribution in [0.2, 0.25) is 0 Å². The Kier molecular flexibility index (Phi) is 7.99. The first-order valence-electron chi connectivity index (χ1n) is 13.2. The van der Waals surface area contributed by atoms with E-state index in [4.69, 9.17) is 10.6 Å². The summed E-state index contributed by atoms with van der Waals surface area (Å²) >= 11 is 0. The van der Waals surface area contributed by atoms with Gasteiger partial charge in [-0.2, -0.15) is 21.0 Å². The van der Waals surface area contributed by atoms with Crippen molar-refractivity contribution in [1.29, 1.82) is 0 Å². The summed E-state index contributed by atoms with van der Waals surface area (Å²) < 4.78 is 9.19. The maximum atomic E-state index is 12.1. The molecule has 0 bridgehead atoms. The van der Waals surface area contributed by atoms with E-state index in [9.17, 15) is 4.91 Å². The summed E-state index contributed by atoms with van der Waals surface area (Å²) in [7, 11) is 3.34. The van der Waals surface area contributed by atoms with E-state index in [1.165, 1.54) is 37.5 Å². The Hall–Kier alpha value is -4.81. The largest absolute Gasteiger partial charge is 0.494 e. The zero-order valence-electron chi connectivity index (χ0n) is 22.7. The van der Waals surface area contributed by atoms with Crippen LogP contribution >= 0.6 is 0 Å². The predicted octanol–water partition coefficient (Wildman–Crippen LogP) is 4.78. The highest BCUT2D eigenvalue weighted by Gasteiger charge is 2.23. The monoisotopic (exact) mass is 544 g/mol. The van der Waals surface area contributed by atoms with Crippen LogP contribution in [0.1, 0.15) is 38.5 Å². The number of benzene rings is 1. The summed E-state index contributed by atoms with van der Waals surface area (Å²) in [5.74, 6) is 7.73. The number of aryl methyl sites for hydroxylation is 2. The Balaban J connectivity index is 1.30. The minimum Gasteiger partial charge on any atom is -0.494 e. The molecule has 13 nitrogen and oxygen atoms in total. The highest BCUT2D eigenvalue weighted by Crippen LogP contribution is 2.37. The van der Waals surface area contributed by atoms with Gasteiger partial charge in [0.25, 0.3) is 0 Å². The number of hydrogen-bond donors (Lipinski definition) is 3. The lowest BCUT2D eigenvalue weighted by atomic mass is 9.83. The maximum Gasteiger partial charge on any atom is 0.352 e. The molecule has 0 spiro atoms. The number of hydrazine groups is 1. The van der Waals surface area contributed by atoms with Crippen LogP contribution in [-0.2, 0) is 13.6 Å². The number of nitrogens with two attached hydrogens (primary N) is 1. The lowest BCUT2D eigenvalue weighted by Crippen LogP contribution is -2.13. The molecular weight excluding hydrogens is 510 g/mol. The maximum absolute atomic E-state index is 12.1. The van der Waals surface area contributed by atoms with Crippen molar-refractivity contribution in [3.63, 3.8) is 0 Å². The van der Waals surface area contributed by atoms with Crippen LogP contribution in [0.25, 0.3) is 11.4 Å². The van der Waals surface area contributed by atoms with E-state index < -0.39 is 0 Å². The second kappa shape index (κ2) is 11.9. The Morgan fingerprint density at radius 1 is 1.25 bits per heavy atom. The van der Waals surface area contributed by atoms with Crippen LogP contribution in [0.5, 0.6) is 5.75 Å². The molecule has 5 rings (SSSR count). The van der Waals surface area contributed by atoms with E-state index in [1.54, 1.807) is 37.4 Å². The topological polar surface area (TPSA) is 154 Å². The summed E-state index contributed by atoms with van der Waals surface area (Å²) in [4.78, 5) is 25.4. The third kappa shape index (κ3) is 6.25. The number of para-hydroxylation sites is 1. The fourth-order valence-corrected chi connectivity index (χ4v) is 5.03. The van der Waals surface area contributed by atoms with E-state index in [1.807, 2.05) is 23.0 Å². The average molecular weight is 545 g/mol. The number of hydrogen-bond acceptors (Lipinski definition) is 9. The van der Waals surface area contributed by atoms with Gasteiger partial charge in [-0.05, 0) is 56.6 Å². The fraction of sp³-hybridized carbons (Fsp3) is 0.370. The molecule has 3 heterocycles. The Bertz CT molecular complexity index is 1510. The van der Waals surface area contributed by atoms with Crippen LogP contribution in [0, 0.1) is 10.8 Å². The zero-order valence-corrected chi connectivity index (χ0v) is 22.7. The minimum atomic E-state index is 0.0510. The summed E-state index contributed by atoms with van der Waals surface area (Å²) in [5, 5.41) is 15.1. The Labute approximate surface area is 232 Å². The van der Waals surface area contributed by atoms with Gasteiger partial charge in [0.2, 0.25) is 11.8 Å². The molecular formula is C27H34N11O2+. The van der Waals surface area contributed by atoms with Gasteiger partial charge < -0.3 is 15.4 Å². The molecule has 1 aliphatic rings. The van der Waals surface area contributed by atoms with Crippen molar-refractivity contribution in [1.82, 2.24) is 34.5 Å². The van der Waals surface area contributed by atoms with Gasteiger partial charge in [0.15, 0.2) is 16.4 Å². The van der Waals surface area contributed by atoms with Gasteiger partial charge >= 0.3 is 5.69 Å². The standard InChI is InChI=1S/C27H34N11O2/c1-18-7-4-8-19(13-18)9-6-12-37-16-20(14-31-37)32-27-29-15-23(38(28)39)26(34-27)33-22-11-5-10-21(24(22)40-3)25-30-17-36(2)35-25/h5,10-11,14-17,19H,1,4,6-9,12-13H2,2-3H3,(H2,28,39)(H2,29,32,33,34)/q+1. The van der Waals surface area contributed by atoms with Gasteiger partial charge in [0.1, 0.15) is 12.5 Å². The quantitative estimate of drug-likeness (QED) is 0.104. The molecule has 208 valence electrons. The fourth-order valence-electron chi connectivity index (χ4n) is 5.03. The molecule has 4 aromatic rings. The third-order valence-corrected chi connectivity index (χ3v) is 6.93. The van der Waals surface area contributed by atoms with E-state index in [-0.39, 0.29) is 22.3 Å². The molecule has 3 aromatic heterocycles. The number of nitrogens with one attached hydrogen (secondary N) is 2. The van der Waals surface area contributed by atoms with Gasteiger partial charge in [0.05, 0.1) is 35.2 Å². The van der Waals surface area contributed by atoms with Crippen LogP contribution in [0.4, 0.5) is 28.8 Å². The highest BCUT2D eigenvalue weighted by molar-refractivity contribution is 5.79. The first-order valence-corrected chi connectivity index (χ1v) is 13.2. The van der Waals surface area contributed by atoms with Crippen molar-refractivity contribution in [3.8, 4) is 17.1 Å². The van der Waals surface area contributed by atoms with Gasteiger partial charge in [-0.25, -0.2) is 9.97 Å². The van der Waals surface area contributed by atoms with Gasteiger partial charge in [-0.15, -0.1) is 0 Å². The van der Waals surface area contributed by atoms with Crippen molar-refractivity contribution in [2.75, 3.05) is 17.7 Å². The van der Waals surface area contributed by atoms with Crippen LogP contribution in [0.15, 0.2) is 55.3 Å². The Morgan fingerprint density at radius 2 is 2.12 bits per heavy atom. The molecule has 40 heavy (non-hydrogen) atoms. The minimum absolute atomic E-state index is 0.0510. The summed E-state index contributed by atoms with van der Waals surface area (Å²) in [6, 6.07) is 5.47. The normalized spacial score (nSPS) is 15.2. The SMILES string of the molecule is C=C1CCCC(CCCn2cc(Nc3ncc([N+](N)=O)c(Nc4cccc(-c5ncn(C)n5)c4OC)n3)cn2)C1. The van der Waals surface area contributed by atoms with Crippen molar-refractivity contribution in [2.45, 2.75) is 45.1 Å². The number of nitrogens with zero attached hydrogens (tertiary/aromatic N) is 8. The van der Waals surface area contributed by atoms with Crippen molar-refractivity contribution in [2.24, 2.45) is 18.8 Å². The smallest absolute Gasteiger partial charge is 0.352 e. The average Bonchev–Trinajstić information content (AvgIpc) is 3.57. The number of aromatic nitrogens is 7. The molecule has 0 radical (unpaired) electrons. The lowest BCUT2D eigenvalue weighted by Gasteiger charge is -2.23. The molecule has 0 aliphatic heterocycles. The van der Waals surface area contributed by atoms with E-state index in [0.717, 1.165) is 31.0 Å². The molecule has 1 aromatic carbocycles. The third-order valence-electron chi connectivity index (χ3n) is 6.93. The second-order valence-electron chi connectivity index (χ2n) is 9.98. The van der Waals surface area contributed by atoms with Gasteiger partial charge in [-0.1, -0.05) is 18.2 Å². The molecule has 1 fully saturated rings. The van der Waals surface area contributed by atoms with Crippen LogP contribution in [-0.4, -0.2) is 46.5 Å². The second-order valence-corrected chi connectivity index (χ2v) is 9.98. The van der Waals surface area contributed by atoms with Gasteiger partial charge in [0, 0.05) is 19.8 Å². The summed E-state index contributed by atoms with van der Waals surface area (Å²) in [5.41, 5.74) is 3.39. The van der Waals surface area contributed by atoms with E-state index in [0.29, 0.717) is 22.8 Å². The summed E-state index contributed by atoms with van der Waals surface area (Å²) in [6.45, 7) is 4.99. The highest BCUT2D eigenvalue weighted by atomic mass is 16.5.